The van der Waals surface area contributed by atoms with Gasteiger partial charge in [-0.05, 0) is 37.1 Å². The van der Waals surface area contributed by atoms with Crippen LogP contribution in [0, 0.1) is 5.92 Å². The number of carboxylic acids is 1. The molecule has 0 saturated heterocycles. The number of hydrogen-bond acceptors (Lipinski definition) is 3. The predicted octanol–water partition coefficient (Wildman–Crippen LogP) is 1.93. The molecule has 20 heavy (non-hydrogen) atoms. The second kappa shape index (κ2) is 6.52. The Bertz CT molecular complexity index is 483. The maximum Gasteiger partial charge on any atom is 0.335 e. The SMILES string of the molecule is COC1CCCC1CNC(=O)c1ccc(C(=O)O)cc1. The van der Waals surface area contributed by atoms with Crippen LogP contribution in [0.3, 0.4) is 0 Å². The largest absolute Gasteiger partial charge is 0.478 e. The van der Waals surface area contributed by atoms with Gasteiger partial charge in [-0.3, -0.25) is 4.79 Å². The summed E-state index contributed by atoms with van der Waals surface area (Å²) >= 11 is 0. The van der Waals surface area contributed by atoms with Crippen molar-refractivity contribution in [1.29, 1.82) is 0 Å². The third-order valence-corrected chi connectivity index (χ3v) is 3.81. The lowest BCUT2D eigenvalue weighted by Crippen LogP contribution is -2.33. The van der Waals surface area contributed by atoms with E-state index in [0.717, 1.165) is 19.3 Å². The van der Waals surface area contributed by atoms with Crippen LogP contribution in [0.25, 0.3) is 0 Å². The monoisotopic (exact) mass is 277 g/mol. The van der Waals surface area contributed by atoms with Crippen LogP contribution in [0.15, 0.2) is 24.3 Å². The van der Waals surface area contributed by atoms with E-state index in [1.807, 2.05) is 0 Å². The average molecular weight is 277 g/mol. The van der Waals surface area contributed by atoms with Crippen molar-refractivity contribution in [2.24, 2.45) is 5.92 Å². The lowest BCUT2D eigenvalue weighted by atomic mass is 10.1. The molecule has 108 valence electrons. The minimum absolute atomic E-state index is 0.177. The van der Waals surface area contributed by atoms with Crippen molar-refractivity contribution >= 4 is 11.9 Å². The van der Waals surface area contributed by atoms with Crippen molar-refractivity contribution in [2.45, 2.75) is 25.4 Å². The average Bonchev–Trinajstić information content (AvgIpc) is 2.92. The Morgan fingerprint density at radius 2 is 1.90 bits per heavy atom. The molecule has 0 aliphatic heterocycles. The third-order valence-electron chi connectivity index (χ3n) is 3.81. The molecule has 0 radical (unpaired) electrons. The topological polar surface area (TPSA) is 75.6 Å². The third kappa shape index (κ3) is 3.36. The van der Waals surface area contributed by atoms with Gasteiger partial charge in [0.05, 0.1) is 11.7 Å². The quantitative estimate of drug-likeness (QED) is 0.862. The van der Waals surface area contributed by atoms with E-state index in [9.17, 15) is 9.59 Å². The van der Waals surface area contributed by atoms with Gasteiger partial charge in [0.25, 0.3) is 5.91 Å². The van der Waals surface area contributed by atoms with E-state index in [1.54, 1.807) is 7.11 Å². The molecule has 5 nitrogen and oxygen atoms in total. The number of carboxylic acid groups (broad SMARTS) is 1. The molecule has 0 heterocycles. The molecule has 0 bridgehead atoms. The molecule has 1 fully saturated rings. The molecule has 0 spiro atoms. The first kappa shape index (κ1) is 14.5. The Kier molecular flexibility index (Phi) is 4.74. The molecule has 1 aromatic rings. The van der Waals surface area contributed by atoms with Gasteiger partial charge in [-0.2, -0.15) is 0 Å². The summed E-state index contributed by atoms with van der Waals surface area (Å²) in [5.74, 6) is -0.809. The van der Waals surface area contributed by atoms with Gasteiger partial charge in [0.2, 0.25) is 0 Å². The van der Waals surface area contributed by atoms with Crippen LogP contribution in [0.5, 0.6) is 0 Å². The number of carbonyl (C=O) groups excluding carboxylic acids is 1. The maximum absolute atomic E-state index is 12.0. The molecule has 5 heteroatoms. The highest BCUT2D eigenvalue weighted by Crippen LogP contribution is 2.27. The first-order chi connectivity index (χ1) is 9.61. The molecule has 1 aliphatic carbocycles. The molecule has 1 amide bonds. The molecule has 2 atom stereocenters. The molecule has 1 saturated carbocycles. The van der Waals surface area contributed by atoms with Crippen LogP contribution >= 0.6 is 0 Å². The number of aromatic carboxylic acids is 1. The number of amides is 1. The highest BCUT2D eigenvalue weighted by Gasteiger charge is 2.27. The molecule has 1 aliphatic rings. The summed E-state index contributed by atoms with van der Waals surface area (Å²) in [4.78, 5) is 22.7. The van der Waals surface area contributed by atoms with E-state index in [2.05, 4.69) is 5.32 Å². The Hall–Kier alpha value is -1.88. The molecule has 1 aromatic carbocycles. The van der Waals surface area contributed by atoms with Crippen LogP contribution in [0.4, 0.5) is 0 Å². The van der Waals surface area contributed by atoms with E-state index >= 15 is 0 Å². The van der Waals surface area contributed by atoms with Crippen molar-refractivity contribution in [1.82, 2.24) is 5.32 Å². The molecular weight excluding hydrogens is 258 g/mol. The summed E-state index contributed by atoms with van der Waals surface area (Å²) in [7, 11) is 1.70. The maximum atomic E-state index is 12.0. The predicted molar refractivity (Wildman–Crippen MR) is 73.9 cm³/mol. The van der Waals surface area contributed by atoms with E-state index in [1.165, 1.54) is 24.3 Å². The summed E-state index contributed by atoms with van der Waals surface area (Å²) in [6, 6.07) is 5.93. The molecule has 2 N–H and O–H groups in total. The van der Waals surface area contributed by atoms with E-state index < -0.39 is 5.97 Å². The Balaban J connectivity index is 1.90. The van der Waals surface area contributed by atoms with Crippen LogP contribution in [0.2, 0.25) is 0 Å². The van der Waals surface area contributed by atoms with Gasteiger partial charge in [0.1, 0.15) is 0 Å². The normalized spacial score (nSPS) is 21.6. The van der Waals surface area contributed by atoms with Crippen molar-refractivity contribution in [3.8, 4) is 0 Å². The number of hydrogen-bond donors (Lipinski definition) is 2. The molecule has 2 rings (SSSR count). The van der Waals surface area contributed by atoms with E-state index in [-0.39, 0.29) is 17.6 Å². The number of methoxy groups -OCH3 is 1. The van der Waals surface area contributed by atoms with E-state index in [0.29, 0.717) is 18.0 Å². The summed E-state index contributed by atoms with van der Waals surface area (Å²) in [6.07, 6.45) is 3.47. The zero-order chi connectivity index (χ0) is 14.5. The standard InChI is InChI=1S/C15H19NO4/c1-20-13-4-2-3-12(13)9-16-14(17)10-5-7-11(8-6-10)15(18)19/h5-8,12-13H,2-4,9H2,1H3,(H,16,17)(H,18,19). The fourth-order valence-corrected chi connectivity index (χ4v) is 2.64. The lowest BCUT2D eigenvalue weighted by molar-refractivity contribution is 0.0680. The summed E-state index contributed by atoms with van der Waals surface area (Å²) in [6.45, 7) is 0.595. The minimum Gasteiger partial charge on any atom is -0.478 e. The number of nitrogens with one attached hydrogen (secondary N) is 1. The van der Waals surface area contributed by atoms with Gasteiger partial charge in [-0.15, -0.1) is 0 Å². The lowest BCUT2D eigenvalue weighted by Gasteiger charge is -2.18. The number of ether oxygens (including phenoxy) is 1. The van der Waals surface area contributed by atoms with Crippen LogP contribution in [0.1, 0.15) is 40.0 Å². The first-order valence-corrected chi connectivity index (χ1v) is 6.76. The summed E-state index contributed by atoms with van der Waals surface area (Å²) in [5, 5.41) is 11.7. The highest BCUT2D eigenvalue weighted by atomic mass is 16.5. The van der Waals surface area contributed by atoms with Gasteiger partial charge in [0, 0.05) is 25.1 Å². The Morgan fingerprint density at radius 3 is 2.50 bits per heavy atom. The number of rotatable bonds is 5. The molecule has 0 aromatic heterocycles. The number of benzene rings is 1. The Morgan fingerprint density at radius 1 is 1.25 bits per heavy atom. The second-order valence-electron chi connectivity index (χ2n) is 5.06. The van der Waals surface area contributed by atoms with Gasteiger partial charge in [0.15, 0.2) is 0 Å². The van der Waals surface area contributed by atoms with E-state index in [4.69, 9.17) is 9.84 Å². The smallest absolute Gasteiger partial charge is 0.335 e. The zero-order valence-corrected chi connectivity index (χ0v) is 11.5. The van der Waals surface area contributed by atoms with Crippen molar-refractivity contribution < 1.29 is 19.4 Å². The fraction of sp³-hybridized carbons (Fsp3) is 0.467. The minimum atomic E-state index is -0.995. The van der Waals surface area contributed by atoms with Crippen molar-refractivity contribution in [3.63, 3.8) is 0 Å². The summed E-state index contributed by atoms with van der Waals surface area (Å²) < 4.78 is 5.39. The van der Waals surface area contributed by atoms with Crippen LogP contribution in [-0.2, 0) is 4.74 Å². The van der Waals surface area contributed by atoms with Gasteiger partial charge < -0.3 is 15.2 Å². The first-order valence-electron chi connectivity index (χ1n) is 6.76. The fourth-order valence-electron chi connectivity index (χ4n) is 2.64. The molecule has 2 unspecified atom stereocenters. The van der Waals surface area contributed by atoms with Gasteiger partial charge in [-0.25, -0.2) is 4.79 Å². The van der Waals surface area contributed by atoms with Crippen molar-refractivity contribution in [2.75, 3.05) is 13.7 Å². The van der Waals surface area contributed by atoms with Crippen LogP contribution < -0.4 is 5.32 Å². The molecular formula is C15H19NO4. The van der Waals surface area contributed by atoms with Gasteiger partial charge in [-0.1, -0.05) is 6.42 Å². The Labute approximate surface area is 117 Å². The van der Waals surface area contributed by atoms with Crippen LogP contribution in [-0.4, -0.2) is 36.7 Å². The van der Waals surface area contributed by atoms with Crippen molar-refractivity contribution in [3.05, 3.63) is 35.4 Å². The second-order valence-corrected chi connectivity index (χ2v) is 5.06. The number of carbonyl (C=O) groups is 2. The zero-order valence-electron chi connectivity index (χ0n) is 11.5. The van der Waals surface area contributed by atoms with Gasteiger partial charge >= 0.3 is 5.97 Å². The summed E-state index contributed by atoms with van der Waals surface area (Å²) in [5.41, 5.74) is 0.652. The highest BCUT2D eigenvalue weighted by molar-refractivity contribution is 5.95.